The highest BCUT2D eigenvalue weighted by Crippen LogP contribution is 2.33. The predicted octanol–water partition coefficient (Wildman–Crippen LogP) is 4.39. The molecule has 0 aromatic carbocycles. The van der Waals surface area contributed by atoms with Gasteiger partial charge in [0.15, 0.2) is 0 Å². The largest absolute Gasteiger partial charge is 0.443 e. The van der Waals surface area contributed by atoms with Crippen LogP contribution in [0.2, 0.25) is 0 Å². The number of hydrogen-bond acceptors (Lipinski definition) is 4. The molecule has 1 rings (SSSR count). The van der Waals surface area contributed by atoms with E-state index in [2.05, 4.69) is 5.43 Å². The van der Waals surface area contributed by atoms with Crippen LogP contribution in [0, 0.1) is 0 Å². The van der Waals surface area contributed by atoms with E-state index in [1.807, 2.05) is 6.92 Å². The predicted molar refractivity (Wildman–Crippen MR) is 88.9 cm³/mol. The van der Waals surface area contributed by atoms with Crippen LogP contribution in [0.4, 0.5) is 9.59 Å². The van der Waals surface area contributed by atoms with Gasteiger partial charge in [-0.25, -0.2) is 20.0 Å². The summed E-state index contributed by atoms with van der Waals surface area (Å²) in [5, 5.41) is 1.32. The quantitative estimate of drug-likeness (QED) is 0.725. The molecule has 0 atom stereocenters. The third-order valence-electron chi connectivity index (χ3n) is 3.65. The van der Waals surface area contributed by atoms with Gasteiger partial charge in [-0.3, -0.25) is 0 Å². The average Bonchev–Trinajstić information content (AvgIpc) is 2.32. The zero-order valence-electron chi connectivity index (χ0n) is 15.6. The molecule has 134 valence electrons. The minimum atomic E-state index is -0.643. The molecule has 0 spiro atoms. The molecule has 0 heterocycles. The summed E-state index contributed by atoms with van der Waals surface area (Å²) >= 11 is 0. The molecule has 0 aromatic heterocycles. The van der Waals surface area contributed by atoms with E-state index in [0.717, 1.165) is 32.1 Å². The normalized spacial score (nSPS) is 18.0. The van der Waals surface area contributed by atoms with Crippen LogP contribution in [0.5, 0.6) is 0 Å². The van der Waals surface area contributed by atoms with Crippen LogP contribution >= 0.6 is 0 Å². The Morgan fingerprint density at radius 1 is 0.913 bits per heavy atom. The summed E-state index contributed by atoms with van der Waals surface area (Å²) in [6.45, 7) is 12.7. The van der Waals surface area contributed by atoms with E-state index >= 15 is 0 Å². The monoisotopic (exact) mass is 328 g/mol. The molecule has 0 unspecified atom stereocenters. The van der Waals surface area contributed by atoms with Crippen molar-refractivity contribution < 1.29 is 19.1 Å². The Hall–Kier alpha value is -1.46. The first kappa shape index (κ1) is 19.6. The van der Waals surface area contributed by atoms with Crippen molar-refractivity contribution in [3.63, 3.8) is 0 Å². The number of carbonyl (C=O) groups is 2. The molecule has 0 aromatic rings. The summed E-state index contributed by atoms with van der Waals surface area (Å²) in [4.78, 5) is 24.7. The Labute approximate surface area is 139 Å². The zero-order chi connectivity index (χ0) is 17.9. The number of amides is 2. The maximum absolute atomic E-state index is 12.6. The summed E-state index contributed by atoms with van der Waals surface area (Å²) in [5.74, 6) is 0. The Bertz CT molecular complexity index is 429. The molecule has 1 fully saturated rings. The van der Waals surface area contributed by atoms with Crippen molar-refractivity contribution in [2.45, 2.75) is 97.3 Å². The molecule has 23 heavy (non-hydrogen) atoms. The topological polar surface area (TPSA) is 67.9 Å². The number of hydrogen-bond donors (Lipinski definition) is 1. The van der Waals surface area contributed by atoms with E-state index in [0.29, 0.717) is 0 Å². The van der Waals surface area contributed by atoms with Gasteiger partial charge in [-0.1, -0.05) is 19.3 Å². The van der Waals surface area contributed by atoms with Gasteiger partial charge in [0, 0.05) is 0 Å². The highest BCUT2D eigenvalue weighted by atomic mass is 16.6. The number of hydrazine groups is 1. The molecule has 6 nitrogen and oxygen atoms in total. The van der Waals surface area contributed by atoms with Crippen molar-refractivity contribution in [2.75, 3.05) is 0 Å². The van der Waals surface area contributed by atoms with Gasteiger partial charge in [-0.2, -0.15) is 0 Å². The molecule has 1 aliphatic carbocycles. The van der Waals surface area contributed by atoms with E-state index in [1.165, 1.54) is 5.01 Å². The molecule has 2 amide bonds. The lowest BCUT2D eigenvalue weighted by atomic mass is 9.83. The van der Waals surface area contributed by atoms with Crippen LogP contribution in [0.15, 0.2) is 0 Å². The molecule has 1 saturated carbocycles. The van der Waals surface area contributed by atoms with Crippen molar-refractivity contribution in [3.05, 3.63) is 0 Å². The van der Waals surface area contributed by atoms with Crippen LogP contribution in [-0.2, 0) is 9.47 Å². The van der Waals surface area contributed by atoms with Crippen LogP contribution < -0.4 is 5.43 Å². The highest BCUT2D eigenvalue weighted by Gasteiger charge is 2.40. The standard InChI is InChI=1S/C17H32N2O4/c1-15(2,3)22-13(20)18-19(14(21)23-16(4,5)6)17(7)11-9-8-10-12-17/h8-12H2,1-7H3,(H,18,20). The third-order valence-corrected chi connectivity index (χ3v) is 3.65. The van der Waals surface area contributed by atoms with Gasteiger partial charge in [-0.15, -0.1) is 0 Å². The SMILES string of the molecule is CC(C)(C)OC(=O)NN(C(=O)OC(C)(C)C)C1(C)CCCCC1. The molecule has 1 aliphatic rings. The first-order chi connectivity index (χ1) is 10.3. The van der Waals surface area contributed by atoms with Gasteiger partial charge < -0.3 is 9.47 Å². The van der Waals surface area contributed by atoms with Gasteiger partial charge in [0.1, 0.15) is 11.2 Å². The fraction of sp³-hybridized carbons (Fsp3) is 0.882. The zero-order valence-corrected chi connectivity index (χ0v) is 15.6. The second-order valence-corrected chi connectivity index (χ2v) is 8.49. The summed E-state index contributed by atoms with van der Waals surface area (Å²) in [7, 11) is 0. The van der Waals surface area contributed by atoms with Crippen molar-refractivity contribution in [2.24, 2.45) is 0 Å². The Morgan fingerprint density at radius 3 is 1.83 bits per heavy atom. The minimum Gasteiger partial charge on any atom is -0.443 e. The van der Waals surface area contributed by atoms with Gasteiger partial charge in [0.2, 0.25) is 0 Å². The first-order valence-electron chi connectivity index (χ1n) is 8.35. The van der Waals surface area contributed by atoms with E-state index < -0.39 is 28.9 Å². The van der Waals surface area contributed by atoms with E-state index in [1.54, 1.807) is 41.5 Å². The van der Waals surface area contributed by atoms with Crippen molar-refractivity contribution in [3.8, 4) is 0 Å². The van der Waals surface area contributed by atoms with Gasteiger partial charge in [-0.05, 0) is 61.3 Å². The summed E-state index contributed by atoms with van der Waals surface area (Å²) < 4.78 is 10.8. The van der Waals surface area contributed by atoms with Crippen LogP contribution in [0.1, 0.15) is 80.6 Å². The molecular weight excluding hydrogens is 296 g/mol. The minimum absolute atomic E-state index is 0.461. The van der Waals surface area contributed by atoms with E-state index in [-0.39, 0.29) is 0 Å². The molecule has 1 N–H and O–H groups in total. The lowest BCUT2D eigenvalue weighted by Gasteiger charge is -2.43. The molecule has 6 heteroatoms. The smallest absolute Gasteiger partial charge is 0.429 e. The maximum Gasteiger partial charge on any atom is 0.429 e. The fourth-order valence-electron chi connectivity index (χ4n) is 2.64. The second kappa shape index (κ2) is 6.97. The van der Waals surface area contributed by atoms with Crippen LogP contribution in [0.25, 0.3) is 0 Å². The van der Waals surface area contributed by atoms with Crippen molar-refractivity contribution in [1.29, 1.82) is 0 Å². The first-order valence-corrected chi connectivity index (χ1v) is 8.35. The summed E-state index contributed by atoms with van der Waals surface area (Å²) in [6.07, 6.45) is 3.63. The number of ether oxygens (including phenoxy) is 2. The molecule has 0 bridgehead atoms. The fourth-order valence-corrected chi connectivity index (χ4v) is 2.64. The number of rotatable bonds is 1. The Morgan fingerprint density at radius 2 is 1.39 bits per heavy atom. The van der Waals surface area contributed by atoms with E-state index in [4.69, 9.17) is 9.47 Å². The lowest BCUT2D eigenvalue weighted by molar-refractivity contribution is -0.0366. The molecular formula is C17H32N2O4. The Kier molecular flexibility index (Phi) is 5.94. The summed E-state index contributed by atoms with van der Waals surface area (Å²) in [5.41, 5.74) is 0.886. The van der Waals surface area contributed by atoms with Gasteiger partial charge >= 0.3 is 12.2 Å². The lowest BCUT2D eigenvalue weighted by Crippen LogP contribution is -2.60. The van der Waals surface area contributed by atoms with Crippen LogP contribution in [-0.4, -0.2) is 33.9 Å². The Balaban J connectivity index is 2.92. The van der Waals surface area contributed by atoms with Gasteiger partial charge in [0.05, 0.1) is 5.54 Å². The van der Waals surface area contributed by atoms with E-state index in [9.17, 15) is 9.59 Å². The van der Waals surface area contributed by atoms with Crippen LogP contribution in [0.3, 0.4) is 0 Å². The van der Waals surface area contributed by atoms with Crippen molar-refractivity contribution in [1.82, 2.24) is 10.4 Å². The molecule has 0 radical (unpaired) electrons. The van der Waals surface area contributed by atoms with Crippen molar-refractivity contribution >= 4 is 12.2 Å². The second-order valence-electron chi connectivity index (χ2n) is 8.49. The number of nitrogens with zero attached hydrogens (tertiary/aromatic N) is 1. The molecule has 0 saturated heterocycles. The number of nitrogens with one attached hydrogen (secondary N) is 1. The average molecular weight is 328 g/mol. The third kappa shape index (κ3) is 6.67. The van der Waals surface area contributed by atoms with Gasteiger partial charge in [0.25, 0.3) is 0 Å². The maximum atomic E-state index is 12.6. The summed E-state index contributed by atoms with van der Waals surface area (Å²) in [6, 6.07) is 0. The number of carbonyl (C=O) groups excluding carboxylic acids is 2. The molecule has 0 aliphatic heterocycles. The highest BCUT2D eigenvalue weighted by molar-refractivity contribution is 5.75.